The summed E-state index contributed by atoms with van der Waals surface area (Å²) in [6.07, 6.45) is 3.84. The van der Waals surface area contributed by atoms with Crippen molar-refractivity contribution < 1.29 is 22.7 Å². The van der Waals surface area contributed by atoms with Gasteiger partial charge in [0.25, 0.3) is 5.91 Å². The number of anilines is 1. The number of benzene rings is 2. The van der Waals surface area contributed by atoms with E-state index >= 15 is 0 Å². The van der Waals surface area contributed by atoms with Gasteiger partial charge >= 0.3 is 0 Å². The van der Waals surface area contributed by atoms with Crippen molar-refractivity contribution in [1.29, 1.82) is 0 Å². The van der Waals surface area contributed by atoms with E-state index in [4.69, 9.17) is 9.47 Å². The quantitative estimate of drug-likeness (QED) is 0.566. The van der Waals surface area contributed by atoms with Gasteiger partial charge in [-0.2, -0.15) is 4.31 Å². The molecule has 2 aromatic carbocycles. The zero-order valence-corrected chi connectivity index (χ0v) is 19.6. The Bertz CT molecular complexity index is 1010. The van der Waals surface area contributed by atoms with Crippen LogP contribution in [0.25, 0.3) is 0 Å². The van der Waals surface area contributed by atoms with E-state index in [1.807, 2.05) is 6.92 Å². The molecule has 1 heterocycles. The van der Waals surface area contributed by atoms with Gasteiger partial charge in [0.15, 0.2) is 0 Å². The smallest absolute Gasteiger partial charge is 0.259 e. The Balaban J connectivity index is 1.78. The van der Waals surface area contributed by atoms with Crippen LogP contribution in [0.4, 0.5) is 5.69 Å². The highest BCUT2D eigenvalue weighted by molar-refractivity contribution is 7.89. The van der Waals surface area contributed by atoms with Crippen LogP contribution in [-0.4, -0.2) is 51.5 Å². The van der Waals surface area contributed by atoms with Gasteiger partial charge in [-0.15, -0.1) is 0 Å². The normalized spacial score (nSPS) is 15.2. The Hall–Kier alpha value is -2.42. The second kappa shape index (κ2) is 11.4. The maximum Gasteiger partial charge on any atom is 0.259 e. The fraction of sp³-hybridized carbons (Fsp3) is 0.458. The molecule has 0 radical (unpaired) electrons. The highest BCUT2D eigenvalue weighted by atomic mass is 32.2. The molecule has 1 N–H and O–H groups in total. The molecule has 7 nitrogen and oxygen atoms in total. The lowest BCUT2D eigenvalue weighted by atomic mass is 10.1. The molecule has 0 unspecified atom stereocenters. The number of carbonyl (C=O) groups excluding carboxylic acids is 1. The minimum atomic E-state index is -3.62. The van der Waals surface area contributed by atoms with Gasteiger partial charge in [0.2, 0.25) is 10.0 Å². The number of hydrogen-bond donors (Lipinski definition) is 1. The Morgan fingerprint density at radius 1 is 1.03 bits per heavy atom. The molecule has 1 amide bonds. The average Bonchev–Trinajstić information content (AvgIpc) is 3.08. The predicted molar refractivity (Wildman–Crippen MR) is 125 cm³/mol. The van der Waals surface area contributed by atoms with Gasteiger partial charge in [-0.25, -0.2) is 8.42 Å². The lowest BCUT2D eigenvalue weighted by Gasteiger charge is -2.21. The van der Waals surface area contributed by atoms with Crippen molar-refractivity contribution >= 4 is 21.6 Å². The van der Waals surface area contributed by atoms with Gasteiger partial charge in [0, 0.05) is 25.4 Å². The largest absolute Gasteiger partial charge is 0.490 e. The van der Waals surface area contributed by atoms with E-state index in [0.29, 0.717) is 55.5 Å². The third-order valence-electron chi connectivity index (χ3n) is 5.45. The Morgan fingerprint density at radius 3 is 2.47 bits per heavy atom. The number of nitrogens with one attached hydrogen (secondary N) is 1. The highest BCUT2D eigenvalue weighted by Gasteiger charge is 2.27. The van der Waals surface area contributed by atoms with Gasteiger partial charge in [-0.05, 0) is 56.5 Å². The van der Waals surface area contributed by atoms with E-state index < -0.39 is 10.0 Å². The Morgan fingerprint density at radius 2 is 1.75 bits per heavy atom. The van der Waals surface area contributed by atoms with Crippen molar-refractivity contribution in [3.8, 4) is 5.75 Å². The molecule has 1 fully saturated rings. The molecule has 1 saturated heterocycles. The van der Waals surface area contributed by atoms with Crippen LogP contribution in [0.15, 0.2) is 47.4 Å². The molecule has 0 atom stereocenters. The maximum absolute atomic E-state index is 13.3. The zero-order chi connectivity index (χ0) is 23.0. The van der Waals surface area contributed by atoms with Gasteiger partial charge in [0.05, 0.1) is 17.1 Å². The second-order valence-electron chi connectivity index (χ2n) is 7.79. The molecule has 32 heavy (non-hydrogen) atoms. The van der Waals surface area contributed by atoms with Crippen LogP contribution in [0.2, 0.25) is 0 Å². The van der Waals surface area contributed by atoms with Crippen LogP contribution in [-0.2, 0) is 14.8 Å². The van der Waals surface area contributed by atoms with Crippen molar-refractivity contribution in [1.82, 2.24) is 4.31 Å². The number of rotatable bonds is 9. The topological polar surface area (TPSA) is 84.9 Å². The molecule has 0 aliphatic carbocycles. The molecule has 3 rings (SSSR count). The molecule has 1 aliphatic heterocycles. The van der Waals surface area contributed by atoms with Crippen molar-refractivity contribution in [2.75, 3.05) is 38.2 Å². The first kappa shape index (κ1) is 24.2. The molecule has 2 aromatic rings. The first-order chi connectivity index (χ1) is 15.4. The molecule has 8 heteroatoms. The standard InChI is InChI=1S/C24H32N2O5S/c1-3-30-16-17-31-22-11-7-6-10-21(22)24(27)25-20-13-12-19(2)23(18-20)32(28,29)26-14-8-4-5-9-15-26/h6-7,10-13,18H,3-5,8-9,14-17H2,1-2H3,(H,25,27). The SMILES string of the molecule is CCOCCOc1ccccc1C(=O)Nc1ccc(C)c(S(=O)(=O)N2CCCCCC2)c1. The van der Waals surface area contributed by atoms with Crippen molar-refractivity contribution in [3.05, 3.63) is 53.6 Å². The summed E-state index contributed by atoms with van der Waals surface area (Å²) in [4.78, 5) is 13.2. The van der Waals surface area contributed by atoms with Crippen LogP contribution in [0, 0.1) is 6.92 Å². The van der Waals surface area contributed by atoms with Crippen molar-refractivity contribution in [2.45, 2.75) is 44.4 Å². The summed E-state index contributed by atoms with van der Waals surface area (Å²) in [5.74, 6) is 0.0909. The predicted octanol–water partition coefficient (Wildman–Crippen LogP) is 4.23. The van der Waals surface area contributed by atoms with E-state index in [1.165, 1.54) is 0 Å². The number of carbonyl (C=O) groups is 1. The second-order valence-corrected chi connectivity index (χ2v) is 9.70. The van der Waals surface area contributed by atoms with Crippen LogP contribution in [0.5, 0.6) is 5.75 Å². The lowest BCUT2D eigenvalue weighted by Crippen LogP contribution is -2.32. The monoisotopic (exact) mass is 460 g/mol. The number of ether oxygens (including phenoxy) is 2. The first-order valence-corrected chi connectivity index (χ1v) is 12.6. The van der Waals surface area contributed by atoms with Crippen LogP contribution >= 0.6 is 0 Å². The van der Waals surface area contributed by atoms with E-state index in [-0.39, 0.29) is 10.8 Å². The fourth-order valence-electron chi connectivity index (χ4n) is 3.71. The fourth-order valence-corrected chi connectivity index (χ4v) is 5.48. The summed E-state index contributed by atoms with van der Waals surface area (Å²) in [5.41, 5.74) is 1.46. The highest BCUT2D eigenvalue weighted by Crippen LogP contribution is 2.27. The molecule has 0 spiro atoms. The number of sulfonamides is 1. The summed E-state index contributed by atoms with van der Waals surface area (Å²) in [5, 5.41) is 2.82. The summed E-state index contributed by atoms with van der Waals surface area (Å²) < 4.78 is 39.1. The van der Waals surface area contributed by atoms with E-state index in [0.717, 1.165) is 25.7 Å². The summed E-state index contributed by atoms with van der Waals surface area (Å²) in [6.45, 7) is 6.11. The minimum Gasteiger partial charge on any atom is -0.490 e. The first-order valence-electron chi connectivity index (χ1n) is 11.1. The number of nitrogens with zero attached hydrogens (tertiary/aromatic N) is 1. The minimum absolute atomic E-state index is 0.235. The number of aryl methyl sites for hydroxylation is 1. The Labute approximate surface area is 190 Å². The molecule has 0 bridgehead atoms. The summed E-state index contributed by atoms with van der Waals surface area (Å²) in [6, 6.07) is 11.9. The Kier molecular flexibility index (Phi) is 8.67. The third-order valence-corrected chi connectivity index (χ3v) is 7.49. The molecular weight excluding hydrogens is 428 g/mol. The average molecular weight is 461 g/mol. The third kappa shape index (κ3) is 6.09. The van der Waals surface area contributed by atoms with Crippen LogP contribution < -0.4 is 10.1 Å². The number of para-hydroxylation sites is 1. The van der Waals surface area contributed by atoms with E-state index in [9.17, 15) is 13.2 Å². The molecule has 0 saturated carbocycles. The van der Waals surface area contributed by atoms with Gasteiger partial charge in [-0.3, -0.25) is 4.79 Å². The molecule has 0 aromatic heterocycles. The lowest BCUT2D eigenvalue weighted by molar-refractivity contribution is 0.0998. The van der Waals surface area contributed by atoms with Gasteiger partial charge < -0.3 is 14.8 Å². The van der Waals surface area contributed by atoms with E-state index in [1.54, 1.807) is 53.7 Å². The van der Waals surface area contributed by atoms with Crippen LogP contribution in [0.1, 0.15) is 48.5 Å². The van der Waals surface area contributed by atoms with E-state index in [2.05, 4.69) is 5.32 Å². The van der Waals surface area contributed by atoms with Crippen molar-refractivity contribution in [2.24, 2.45) is 0 Å². The van der Waals surface area contributed by atoms with Crippen LogP contribution in [0.3, 0.4) is 0 Å². The van der Waals surface area contributed by atoms with Gasteiger partial charge in [0.1, 0.15) is 12.4 Å². The zero-order valence-electron chi connectivity index (χ0n) is 18.8. The van der Waals surface area contributed by atoms with Gasteiger partial charge in [-0.1, -0.05) is 31.0 Å². The maximum atomic E-state index is 13.3. The molecule has 174 valence electrons. The molecular formula is C24H32N2O5S. The van der Waals surface area contributed by atoms with Crippen molar-refractivity contribution in [3.63, 3.8) is 0 Å². The number of hydrogen-bond acceptors (Lipinski definition) is 5. The molecule has 1 aliphatic rings. The number of amides is 1. The summed E-state index contributed by atoms with van der Waals surface area (Å²) >= 11 is 0. The summed E-state index contributed by atoms with van der Waals surface area (Å²) in [7, 11) is -3.62.